The maximum Gasteiger partial charge on any atom is 0.216 e. The fourth-order valence-corrected chi connectivity index (χ4v) is 4.92. The Labute approximate surface area is 300 Å². The van der Waals surface area contributed by atoms with Gasteiger partial charge in [0.1, 0.15) is 0 Å². The maximum absolute atomic E-state index is 8.57. The van der Waals surface area contributed by atoms with Crippen LogP contribution in [-0.4, -0.2) is 15.0 Å². The molecule has 46 heavy (non-hydrogen) atoms. The third kappa shape index (κ3) is 7.50. The van der Waals surface area contributed by atoms with E-state index in [9.17, 15) is 0 Å². The van der Waals surface area contributed by atoms with E-state index < -0.39 is 32.3 Å². The van der Waals surface area contributed by atoms with E-state index in [1.54, 1.807) is 66.9 Å². The molecule has 0 amide bonds. The van der Waals surface area contributed by atoms with Crippen molar-refractivity contribution < 1.29 is 39.6 Å². The fourth-order valence-electron chi connectivity index (χ4n) is 4.92. The molecule has 0 N–H and O–H groups in total. The number of rotatable bonds is 4. The van der Waals surface area contributed by atoms with Crippen LogP contribution in [0.1, 0.15) is 58.2 Å². The van der Waals surface area contributed by atoms with E-state index in [-0.39, 0.29) is 37.1 Å². The van der Waals surface area contributed by atoms with Gasteiger partial charge in [-0.2, -0.15) is 0 Å². The third-order valence-electron chi connectivity index (χ3n) is 6.93. The van der Waals surface area contributed by atoms with Crippen molar-refractivity contribution in [3.8, 4) is 33.6 Å². The summed E-state index contributed by atoms with van der Waals surface area (Å²) in [5.74, 6) is 0. The number of aryl methyl sites for hydroxylation is 3. The molecule has 0 spiro atoms. The van der Waals surface area contributed by atoms with E-state index in [1.165, 1.54) is 18.3 Å². The minimum Gasteiger partial charge on any atom is -0.486 e. The van der Waals surface area contributed by atoms with Gasteiger partial charge < -0.3 is 14.4 Å². The van der Waals surface area contributed by atoms with E-state index >= 15 is 0 Å². The molecule has 3 aromatic carbocycles. The van der Waals surface area contributed by atoms with Crippen molar-refractivity contribution in [3.05, 3.63) is 138 Å². The molecule has 4 aromatic heterocycles. The molecule has 0 aliphatic carbocycles. The molecule has 1 radical (unpaired) electrons. The fraction of sp³-hybridized carbons (Fsp3) is 0.195. The second-order valence-corrected chi connectivity index (χ2v) is 11.5. The predicted molar refractivity (Wildman–Crippen MR) is 185 cm³/mol. The summed E-state index contributed by atoms with van der Waals surface area (Å²) in [6.07, 6.45) is 1.42. The van der Waals surface area contributed by atoms with Gasteiger partial charge in [-0.15, -0.1) is 53.6 Å². The number of pyridine rings is 3. The molecule has 0 bridgehead atoms. The van der Waals surface area contributed by atoms with Gasteiger partial charge in [0.2, 0.25) is 5.71 Å². The Kier molecular flexibility index (Phi) is 6.46. The smallest absolute Gasteiger partial charge is 0.216 e. The molecular formula is C41H37IrN3O-2. The normalized spacial score (nSPS) is 15.8. The van der Waals surface area contributed by atoms with Crippen LogP contribution in [0.5, 0.6) is 0 Å². The largest absolute Gasteiger partial charge is 0.486 e. The predicted octanol–water partition coefficient (Wildman–Crippen LogP) is 10.6. The Bertz CT molecular complexity index is 2490. The van der Waals surface area contributed by atoms with Crippen molar-refractivity contribution in [1.29, 1.82) is 0 Å². The first kappa shape index (κ1) is 21.4. The quantitative estimate of drug-likeness (QED) is 0.167. The van der Waals surface area contributed by atoms with Gasteiger partial charge in [0, 0.05) is 58.7 Å². The van der Waals surface area contributed by atoms with Crippen molar-refractivity contribution in [3.63, 3.8) is 0 Å². The third-order valence-corrected chi connectivity index (χ3v) is 6.93. The van der Waals surface area contributed by atoms with Crippen LogP contribution in [0, 0.1) is 38.1 Å². The topological polar surface area (TPSA) is 51.8 Å². The molecule has 0 fully saturated rings. The van der Waals surface area contributed by atoms with Crippen LogP contribution in [-0.2, 0) is 26.5 Å². The molecule has 0 saturated carbocycles. The van der Waals surface area contributed by atoms with Gasteiger partial charge in [-0.3, -0.25) is 0 Å². The van der Waals surface area contributed by atoms with Crippen molar-refractivity contribution in [2.24, 2.45) is 5.41 Å². The molecule has 0 aliphatic heterocycles. The van der Waals surface area contributed by atoms with E-state index in [2.05, 4.69) is 27.1 Å². The first-order valence-electron chi connectivity index (χ1n) is 19.9. The minimum absolute atomic E-state index is 0. The maximum atomic E-state index is 8.57. The van der Waals surface area contributed by atoms with Crippen LogP contribution in [0.4, 0.5) is 0 Å². The van der Waals surface area contributed by atoms with Crippen LogP contribution in [0.2, 0.25) is 0 Å². The average molecular weight is 791 g/mol. The summed E-state index contributed by atoms with van der Waals surface area (Å²) in [6, 6.07) is 31.5. The SMILES string of the molecule is [2H]C([2H])([2H])c1c[c-]c(-c2ccccn2)cc1.[2H]C([2H])([2H])c1ccc2c(n1)oc1c(-c3cc(-c4ccc(C([2H])([2H])C(C)(C)C)cc4)c(C([2H])([2H])[2H])cn3)[c-]ccc12.[Ir]. The van der Waals surface area contributed by atoms with Gasteiger partial charge in [0.05, 0.1) is 5.58 Å². The second kappa shape index (κ2) is 13.9. The van der Waals surface area contributed by atoms with Crippen molar-refractivity contribution in [2.75, 3.05) is 0 Å². The number of benzene rings is 3. The zero-order valence-corrected chi connectivity index (χ0v) is 27.8. The van der Waals surface area contributed by atoms with Gasteiger partial charge in [-0.25, -0.2) is 4.98 Å². The second-order valence-electron chi connectivity index (χ2n) is 11.5. The van der Waals surface area contributed by atoms with Crippen molar-refractivity contribution in [2.45, 2.75) is 47.7 Å². The van der Waals surface area contributed by atoms with E-state index in [0.717, 1.165) is 11.3 Å². The van der Waals surface area contributed by atoms with Crippen LogP contribution < -0.4 is 0 Å². The summed E-state index contributed by atoms with van der Waals surface area (Å²) in [4.78, 5) is 12.8. The van der Waals surface area contributed by atoms with Gasteiger partial charge in [-0.05, 0) is 77.3 Å². The molecule has 0 unspecified atom stereocenters. The Balaban J connectivity index is 0.000000305. The Morgan fingerprint density at radius 2 is 1.72 bits per heavy atom. The van der Waals surface area contributed by atoms with Crippen LogP contribution in [0.3, 0.4) is 0 Å². The van der Waals surface area contributed by atoms with E-state index in [1.807, 2.05) is 39.0 Å². The average Bonchev–Trinajstić information content (AvgIpc) is 3.52. The number of hydrogen-bond acceptors (Lipinski definition) is 4. The van der Waals surface area contributed by atoms with Crippen molar-refractivity contribution >= 4 is 22.1 Å². The zero-order chi connectivity index (χ0) is 40.8. The Hall–Kier alpha value is -4.44. The number of hydrogen-bond donors (Lipinski definition) is 0. The molecule has 4 heterocycles. The molecule has 4 nitrogen and oxygen atoms in total. The minimum atomic E-state index is -2.44. The van der Waals surface area contributed by atoms with Gasteiger partial charge in [0.25, 0.3) is 0 Å². The van der Waals surface area contributed by atoms with Crippen LogP contribution in [0.15, 0.2) is 108 Å². The molecule has 7 rings (SSSR count). The van der Waals surface area contributed by atoms with Gasteiger partial charge in [-0.1, -0.05) is 81.0 Å². The summed E-state index contributed by atoms with van der Waals surface area (Å²) in [5.41, 5.74) is 4.23. The first-order valence-corrected chi connectivity index (χ1v) is 14.4. The summed E-state index contributed by atoms with van der Waals surface area (Å²) >= 11 is 0. The van der Waals surface area contributed by atoms with Gasteiger partial charge >= 0.3 is 0 Å². The zero-order valence-electron chi connectivity index (χ0n) is 36.4. The number of aromatic nitrogens is 3. The molecule has 233 valence electrons. The molecular weight excluding hydrogens is 743 g/mol. The molecule has 7 aromatic rings. The summed E-state index contributed by atoms with van der Waals surface area (Å²) in [6.45, 7) is -1.40. The molecule has 0 atom stereocenters. The summed E-state index contributed by atoms with van der Waals surface area (Å²) < 4.78 is 92.1. The van der Waals surface area contributed by atoms with Crippen LogP contribution >= 0.6 is 0 Å². The Morgan fingerprint density at radius 1 is 0.848 bits per heavy atom. The van der Waals surface area contributed by atoms with Crippen LogP contribution in [0.25, 0.3) is 55.7 Å². The van der Waals surface area contributed by atoms with E-state index in [4.69, 9.17) is 19.5 Å². The Morgan fingerprint density at radius 3 is 2.41 bits per heavy atom. The standard InChI is InChI=1S/C29H27N2O.C12H10N.Ir/c1-18-17-30-26(15-25(18)21-12-10-20(11-13-21)16-29(3,4)5)24-8-6-7-22-23-14-9-19(2)31-28(23)32-27(22)24;1-10-5-7-11(8-6-10)12-4-2-3-9-13-12;/h6-7,9-15,17H,16H2,1-5H3;2-7,9H,1H3;/q2*-1;/i1D3,2D3,16D2;1D3;. The number of fused-ring (bicyclic) bond motifs is 3. The molecule has 0 aliphatic rings. The summed E-state index contributed by atoms with van der Waals surface area (Å²) in [5, 5.41) is 1.34. The van der Waals surface area contributed by atoms with E-state index in [0.29, 0.717) is 49.9 Å². The number of furan rings is 1. The number of nitrogens with zero attached hydrogens (tertiary/aromatic N) is 3. The van der Waals surface area contributed by atoms with Gasteiger partial charge in [0.15, 0.2) is 0 Å². The monoisotopic (exact) mass is 791 g/mol. The molecule has 0 saturated heterocycles. The molecule has 5 heteroatoms. The summed E-state index contributed by atoms with van der Waals surface area (Å²) in [7, 11) is 0. The first-order chi connectivity index (χ1) is 26.1. The van der Waals surface area contributed by atoms with Crippen molar-refractivity contribution in [1.82, 2.24) is 15.0 Å².